The largest absolute Gasteiger partial charge is 0.459 e. The topological polar surface area (TPSA) is 71.7 Å². The zero-order chi connectivity index (χ0) is 17.5. The highest BCUT2D eigenvalue weighted by Gasteiger charge is 2.17. The number of carbonyl (C=O) groups excluding carboxylic acids is 1. The number of furan rings is 1. The number of aliphatic hydroxyl groups excluding tert-OH is 1. The molecule has 1 heterocycles. The molecule has 1 atom stereocenters. The molecule has 0 fully saturated rings. The van der Waals surface area contributed by atoms with E-state index in [9.17, 15) is 14.3 Å². The van der Waals surface area contributed by atoms with E-state index in [1.54, 1.807) is 18.2 Å². The van der Waals surface area contributed by atoms with E-state index >= 15 is 0 Å². The summed E-state index contributed by atoms with van der Waals surface area (Å²) in [4.78, 5) is 12.2. The van der Waals surface area contributed by atoms with Crippen LogP contribution < -0.4 is 5.32 Å². The van der Waals surface area contributed by atoms with Gasteiger partial charge in [-0.1, -0.05) is 26.0 Å². The smallest absolute Gasteiger partial charge is 0.287 e. The SMILES string of the molecule is CC(C)COCC(O)CNC(=O)c1occc1-c1ccc(F)cc1. The monoisotopic (exact) mass is 335 g/mol. The van der Waals surface area contributed by atoms with Crippen molar-refractivity contribution in [2.45, 2.75) is 20.0 Å². The molecule has 24 heavy (non-hydrogen) atoms. The van der Waals surface area contributed by atoms with Gasteiger partial charge in [-0.05, 0) is 29.7 Å². The average Bonchev–Trinajstić information content (AvgIpc) is 3.02. The summed E-state index contributed by atoms with van der Waals surface area (Å²) in [7, 11) is 0. The maximum atomic E-state index is 13.0. The maximum Gasteiger partial charge on any atom is 0.287 e. The normalized spacial score (nSPS) is 12.4. The second kappa shape index (κ2) is 8.61. The molecule has 5 nitrogen and oxygen atoms in total. The molecular formula is C18H22FNO4. The number of carbonyl (C=O) groups is 1. The first-order valence-electron chi connectivity index (χ1n) is 7.84. The second-order valence-corrected chi connectivity index (χ2v) is 5.97. The van der Waals surface area contributed by atoms with Crippen molar-refractivity contribution >= 4 is 5.91 Å². The molecular weight excluding hydrogens is 313 g/mol. The lowest BCUT2D eigenvalue weighted by Crippen LogP contribution is -2.34. The van der Waals surface area contributed by atoms with Gasteiger partial charge in [0.2, 0.25) is 0 Å². The molecule has 0 bridgehead atoms. The van der Waals surface area contributed by atoms with E-state index in [2.05, 4.69) is 5.32 Å². The molecule has 6 heteroatoms. The molecule has 2 rings (SSSR count). The van der Waals surface area contributed by atoms with Crippen molar-refractivity contribution in [2.75, 3.05) is 19.8 Å². The average molecular weight is 335 g/mol. The predicted octanol–water partition coefficient (Wildman–Crippen LogP) is 2.85. The number of hydrogen-bond donors (Lipinski definition) is 2. The first kappa shape index (κ1) is 18.2. The Hall–Kier alpha value is -2.18. The van der Waals surface area contributed by atoms with Gasteiger partial charge in [0.25, 0.3) is 5.91 Å². The highest BCUT2D eigenvalue weighted by Crippen LogP contribution is 2.25. The third kappa shape index (κ3) is 5.18. The van der Waals surface area contributed by atoms with Crippen molar-refractivity contribution in [3.05, 3.63) is 48.2 Å². The third-order valence-electron chi connectivity index (χ3n) is 3.29. The van der Waals surface area contributed by atoms with Crippen LogP contribution in [0.15, 0.2) is 41.0 Å². The summed E-state index contributed by atoms with van der Waals surface area (Å²) in [6.07, 6.45) is 0.604. The van der Waals surface area contributed by atoms with Crippen molar-refractivity contribution in [3.8, 4) is 11.1 Å². The lowest BCUT2D eigenvalue weighted by Gasteiger charge is -2.13. The van der Waals surface area contributed by atoms with E-state index in [0.29, 0.717) is 23.7 Å². The molecule has 0 saturated carbocycles. The summed E-state index contributed by atoms with van der Waals surface area (Å²) in [5.41, 5.74) is 1.24. The van der Waals surface area contributed by atoms with Crippen molar-refractivity contribution in [1.29, 1.82) is 0 Å². The van der Waals surface area contributed by atoms with E-state index in [1.807, 2.05) is 13.8 Å². The fourth-order valence-corrected chi connectivity index (χ4v) is 2.13. The molecule has 2 aromatic rings. The summed E-state index contributed by atoms with van der Waals surface area (Å²) >= 11 is 0. The minimum absolute atomic E-state index is 0.0560. The molecule has 0 saturated heterocycles. The number of nitrogens with one attached hydrogen (secondary N) is 1. The number of hydrogen-bond acceptors (Lipinski definition) is 4. The fourth-order valence-electron chi connectivity index (χ4n) is 2.13. The van der Waals surface area contributed by atoms with Crippen LogP contribution >= 0.6 is 0 Å². The first-order chi connectivity index (χ1) is 11.5. The maximum absolute atomic E-state index is 13.0. The van der Waals surface area contributed by atoms with Gasteiger partial charge in [-0.3, -0.25) is 4.79 Å². The zero-order valence-electron chi connectivity index (χ0n) is 13.8. The zero-order valence-corrected chi connectivity index (χ0v) is 13.8. The number of amides is 1. The summed E-state index contributed by atoms with van der Waals surface area (Å²) in [5.74, 6) is -0.287. The minimum Gasteiger partial charge on any atom is -0.459 e. The quantitative estimate of drug-likeness (QED) is 0.778. The molecule has 0 aliphatic carbocycles. The molecule has 0 radical (unpaired) electrons. The Balaban J connectivity index is 1.91. The Morgan fingerprint density at radius 1 is 1.25 bits per heavy atom. The van der Waals surface area contributed by atoms with Crippen LogP contribution in [0.25, 0.3) is 11.1 Å². The summed E-state index contributed by atoms with van der Waals surface area (Å²) in [6, 6.07) is 7.43. The fraction of sp³-hybridized carbons (Fsp3) is 0.389. The van der Waals surface area contributed by atoms with E-state index in [-0.39, 0.29) is 24.7 Å². The summed E-state index contributed by atoms with van der Waals surface area (Å²) in [6.45, 7) is 4.80. The van der Waals surface area contributed by atoms with Crippen LogP contribution in [0.5, 0.6) is 0 Å². The lowest BCUT2D eigenvalue weighted by atomic mass is 10.1. The van der Waals surface area contributed by atoms with Gasteiger partial charge in [0.1, 0.15) is 5.82 Å². The Morgan fingerprint density at radius 3 is 2.62 bits per heavy atom. The van der Waals surface area contributed by atoms with E-state index in [1.165, 1.54) is 18.4 Å². The van der Waals surface area contributed by atoms with Crippen LogP contribution in [0.2, 0.25) is 0 Å². The molecule has 0 spiro atoms. The highest BCUT2D eigenvalue weighted by molar-refractivity contribution is 5.98. The molecule has 0 aliphatic heterocycles. The summed E-state index contributed by atoms with van der Waals surface area (Å²) in [5, 5.41) is 12.4. The molecule has 1 unspecified atom stereocenters. The molecule has 130 valence electrons. The van der Waals surface area contributed by atoms with Gasteiger partial charge in [0, 0.05) is 18.7 Å². The summed E-state index contributed by atoms with van der Waals surface area (Å²) < 4.78 is 23.6. The van der Waals surface area contributed by atoms with E-state index in [4.69, 9.17) is 9.15 Å². The Kier molecular flexibility index (Phi) is 6.52. The van der Waals surface area contributed by atoms with Crippen molar-refractivity contribution < 1.29 is 23.4 Å². The van der Waals surface area contributed by atoms with Crippen LogP contribution in [-0.4, -0.2) is 36.9 Å². The van der Waals surface area contributed by atoms with Gasteiger partial charge in [-0.25, -0.2) is 4.39 Å². The van der Waals surface area contributed by atoms with Crippen molar-refractivity contribution in [1.82, 2.24) is 5.32 Å². The number of benzene rings is 1. The molecule has 1 aromatic heterocycles. The second-order valence-electron chi connectivity index (χ2n) is 5.97. The van der Waals surface area contributed by atoms with Crippen molar-refractivity contribution in [3.63, 3.8) is 0 Å². The van der Waals surface area contributed by atoms with Crippen LogP contribution in [0.1, 0.15) is 24.4 Å². The number of ether oxygens (including phenoxy) is 1. The Morgan fingerprint density at radius 2 is 1.96 bits per heavy atom. The van der Waals surface area contributed by atoms with Gasteiger partial charge in [-0.2, -0.15) is 0 Å². The van der Waals surface area contributed by atoms with E-state index < -0.39 is 12.0 Å². The van der Waals surface area contributed by atoms with Gasteiger partial charge in [-0.15, -0.1) is 0 Å². The molecule has 0 aliphatic rings. The number of rotatable bonds is 8. The van der Waals surface area contributed by atoms with Crippen molar-refractivity contribution in [2.24, 2.45) is 5.92 Å². The Bertz CT molecular complexity index is 651. The standard InChI is InChI=1S/C18H22FNO4/c1-12(2)10-23-11-15(21)9-20-18(22)17-16(7-8-24-17)13-3-5-14(19)6-4-13/h3-8,12,15,21H,9-11H2,1-2H3,(H,20,22). The lowest BCUT2D eigenvalue weighted by molar-refractivity contribution is 0.0257. The Labute approximate surface area is 140 Å². The first-order valence-corrected chi connectivity index (χ1v) is 7.84. The molecule has 1 amide bonds. The minimum atomic E-state index is -0.795. The van der Waals surface area contributed by atoms with Crippen LogP contribution in [-0.2, 0) is 4.74 Å². The molecule has 2 N–H and O–H groups in total. The van der Waals surface area contributed by atoms with E-state index in [0.717, 1.165) is 0 Å². The number of aliphatic hydroxyl groups is 1. The molecule has 1 aromatic carbocycles. The van der Waals surface area contributed by atoms with Crippen LogP contribution in [0.3, 0.4) is 0 Å². The predicted molar refractivity (Wildman–Crippen MR) is 88.1 cm³/mol. The van der Waals surface area contributed by atoms with Crippen LogP contribution in [0.4, 0.5) is 4.39 Å². The number of halogens is 1. The van der Waals surface area contributed by atoms with Gasteiger partial charge in [0.15, 0.2) is 5.76 Å². The highest BCUT2D eigenvalue weighted by atomic mass is 19.1. The van der Waals surface area contributed by atoms with Gasteiger partial charge in [0.05, 0.1) is 19.0 Å². The van der Waals surface area contributed by atoms with Crippen LogP contribution in [0, 0.1) is 11.7 Å². The van der Waals surface area contributed by atoms with Gasteiger partial charge < -0.3 is 19.6 Å². The van der Waals surface area contributed by atoms with Gasteiger partial charge >= 0.3 is 0 Å². The third-order valence-corrected chi connectivity index (χ3v) is 3.29.